The SMILES string of the molecule is O=c1cccnn1CCN1CCCCC1CNc1ccc(C(F)(F)F)nn1. The van der Waals surface area contributed by atoms with Crippen LogP contribution in [0.2, 0.25) is 0 Å². The Morgan fingerprint density at radius 1 is 1.15 bits per heavy atom. The molecule has 146 valence electrons. The number of aromatic nitrogens is 4. The lowest BCUT2D eigenvalue weighted by Crippen LogP contribution is -2.45. The standard InChI is InChI=1S/C17H21F3N6O/c18-17(19,20)14-6-7-15(24-23-14)21-12-13-4-1-2-9-25(13)10-11-26-16(27)5-3-8-22-26/h3,5-8,13H,1-2,4,9-12H2,(H,21,24). The molecule has 2 aromatic rings. The average molecular weight is 382 g/mol. The second-order valence-electron chi connectivity index (χ2n) is 6.45. The normalized spacial score (nSPS) is 18.4. The molecular formula is C17H21F3N6O. The van der Waals surface area contributed by atoms with Crippen molar-refractivity contribution in [3.63, 3.8) is 0 Å². The van der Waals surface area contributed by atoms with Gasteiger partial charge in [-0.05, 0) is 37.6 Å². The summed E-state index contributed by atoms with van der Waals surface area (Å²) in [6.45, 7) is 2.64. The van der Waals surface area contributed by atoms with Crippen molar-refractivity contribution >= 4 is 5.82 Å². The maximum absolute atomic E-state index is 12.5. The van der Waals surface area contributed by atoms with Crippen LogP contribution in [0.3, 0.4) is 0 Å². The molecule has 1 unspecified atom stereocenters. The zero-order chi connectivity index (χ0) is 19.3. The van der Waals surface area contributed by atoms with Crippen LogP contribution in [0.4, 0.5) is 19.0 Å². The van der Waals surface area contributed by atoms with Crippen LogP contribution < -0.4 is 10.9 Å². The van der Waals surface area contributed by atoms with Gasteiger partial charge in [-0.2, -0.15) is 18.3 Å². The number of hydrogen-bond donors (Lipinski definition) is 1. The molecular weight excluding hydrogens is 361 g/mol. The predicted octanol–water partition coefficient (Wildman–Crippen LogP) is 2.02. The number of halogens is 3. The third-order valence-electron chi connectivity index (χ3n) is 4.61. The van der Waals surface area contributed by atoms with Crippen molar-refractivity contribution in [1.82, 2.24) is 24.9 Å². The molecule has 1 N–H and O–H groups in total. The molecule has 7 nitrogen and oxygen atoms in total. The molecule has 1 aliphatic heterocycles. The first-order valence-electron chi connectivity index (χ1n) is 8.84. The molecule has 0 aromatic carbocycles. The van der Waals surface area contributed by atoms with E-state index in [-0.39, 0.29) is 11.6 Å². The van der Waals surface area contributed by atoms with Crippen LogP contribution in [0.25, 0.3) is 0 Å². The Kier molecular flexibility index (Phi) is 6.04. The van der Waals surface area contributed by atoms with Gasteiger partial charge in [-0.1, -0.05) is 6.42 Å². The number of nitrogens with one attached hydrogen (secondary N) is 1. The van der Waals surface area contributed by atoms with Gasteiger partial charge < -0.3 is 5.32 Å². The summed E-state index contributed by atoms with van der Waals surface area (Å²) in [5, 5.41) is 14.0. The Morgan fingerprint density at radius 2 is 2.00 bits per heavy atom. The van der Waals surface area contributed by atoms with E-state index in [9.17, 15) is 18.0 Å². The summed E-state index contributed by atoms with van der Waals surface area (Å²) in [6.07, 6.45) is 0.228. The first kappa shape index (κ1) is 19.3. The average Bonchev–Trinajstić information content (AvgIpc) is 2.66. The summed E-state index contributed by atoms with van der Waals surface area (Å²) in [5.74, 6) is 0.314. The van der Waals surface area contributed by atoms with Gasteiger partial charge in [-0.25, -0.2) is 4.68 Å². The maximum atomic E-state index is 12.5. The molecule has 0 saturated carbocycles. The maximum Gasteiger partial charge on any atom is 0.435 e. The van der Waals surface area contributed by atoms with Crippen molar-refractivity contribution in [2.45, 2.75) is 38.0 Å². The Morgan fingerprint density at radius 3 is 2.70 bits per heavy atom. The first-order chi connectivity index (χ1) is 12.9. The van der Waals surface area contributed by atoms with E-state index >= 15 is 0 Å². The van der Waals surface area contributed by atoms with Gasteiger partial charge in [0.05, 0.1) is 6.54 Å². The summed E-state index contributed by atoms with van der Waals surface area (Å²) in [7, 11) is 0. The van der Waals surface area contributed by atoms with E-state index < -0.39 is 11.9 Å². The van der Waals surface area contributed by atoms with Crippen LogP contribution in [-0.4, -0.2) is 50.6 Å². The summed E-state index contributed by atoms with van der Waals surface area (Å²) in [5.41, 5.74) is -1.14. The molecule has 1 saturated heterocycles. The van der Waals surface area contributed by atoms with Gasteiger partial charge in [-0.15, -0.1) is 10.2 Å². The third kappa shape index (κ3) is 5.25. The van der Waals surface area contributed by atoms with Gasteiger partial charge in [0.25, 0.3) is 5.56 Å². The van der Waals surface area contributed by atoms with Crippen LogP contribution in [-0.2, 0) is 12.7 Å². The lowest BCUT2D eigenvalue weighted by atomic mass is 10.0. The summed E-state index contributed by atoms with van der Waals surface area (Å²) < 4.78 is 39.1. The van der Waals surface area contributed by atoms with Crippen molar-refractivity contribution in [2.75, 3.05) is 25.0 Å². The van der Waals surface area contributed by atoms with E-state index in [2.05, 4.69) is 25.5 Å². The Hall–Kier alpha value is -2.49. The molecule has 0 spiro atoms. The molecule has 0 radical (unpaired) electrons. The summed E-state index contributed by atoms with van der Waals surface area (Å²) in [4.78, 5) is 14.0. The van der Waals surface area contributed by atoms with Crippen LogP contribution in [0.15, 0.2) is 35.3 Å². The minimum atomic E-state index is -4.49. The molecule has 2 aromatic heterocycles. The number of hydrogen-bond acceptors (Lipinski definition) is 6. The van der Waals surface area contributed by atoms with Crippen molar-refractivity contribution in [1.29, 1.82) is 0 Å². The van der Waals surface area contributed by atoms with E-state index in [1.165, 1.54) is 16.8 Å². The number of alkyl halides is 3. The molecule has 10 heteroatoms. The second kappa shape index (κ2) is 8.47. The number of nitrogens with zero attached hydrogens (tertiary/aromatic N) is 5. The highest BCUT2D eigenvalue weighted by Crippen LogP contribution is 2.27. The van der Waals surface area contributed by atoms with E-state index in [0.717, 1.165) is 31.9 Å². The minimum absolute atomic E-state index is 0.135. The Balaban J connectivity index is 1.56. The van der Waals surface area contributed by atoms with E-state index in [1.807, 2.05) is 0 Å². The van der Waals surface area contributed by atoms with Gasteiger partial charge >= 0.3 is 6.18 Å². The Labute approximate surface area is 154 Å². The van der Waals surface area contributed by atoms with Gasteiger partial charge in [0.1, 0.15) is 5.82 Å². The quantitative estimate of drug-likeness (QED) is 0.824. The van der Waals surface area contributed by atoms with Gasteiger partial charge in [0.15, 0.2) is 5.69 Å². The van der Waals surface area contributed by atoms with E-state index in [4.69, 9.17) is 0 Å². The summed E-state index contributed by atoms with van der Waals surface area (Å²) >= 11 is 0. The van der Waals surface area contributed by atoms with E-state index in [1.54, 1.807) is 12.3 Å². The van der Waals surface area contributed by atoms with E-state index in [0.29, 0.717) is 25.5 Å². The third-order valence-corrected chi connectivity index (χ3v) is 4.61. The number of likely N-dealkylation sites (tertiary alicyclic amines) is 1. The monoisotopic (exact) mass is 382 g/mol. The summed E-state index contributed by atoms with van der Waals surface area (Å²) in [6, 6.07) is 5.50. The second-order valence-corrected chi connectivity index (χ2v) is 6.45. The van der Waals surface area contributed by atoms with Crippen molar-refractivity contribution in [3.8, 4) is 0 Å². The Bertz CT molecular complexity index is 792. The zero-order valence-electron chi connectivity index (χ0n) is 14.7. The molecule has 0 bridgehead atoms. The molecule has 1 atom stereocenters. The van der Waals surface area contributed by atoms with Crippen molar-refractivity contribution < 1.29 is 13.2 Å². The number of anilines is 1. The molecule has 1 fully saturated rings. The highest BCUT2D eigenvalue weighted by molar-refractivity contribution is 5.33. The highest BCUT2D eigenvalue weighted by atomic mass is 19.4. The van der Waals surface area contributed by atoms with Gasteiger partial charge in [-0.3, -0.25) is 9.69 Å². The largest absolute Gasteiger partial charge is 0.435 e. The lowest BCUT2D eigenvalue weighted by molar-refractivity contribution is -0.141. The molecule has 1 aliphatic rings. The topological polar surface area (TPSA) is 75.9 Å². The van der Waals surface area contributed by atoms with Crippen LogP contribution in [0.5, 0.6) is 0 Å². The highest BCUT2D eigenvalue weighted by Gasteiger charge is 2.33. The zero-order valence-corrected chi connectivity index (χ0v) is 14.7. The smallest absolute Gasteiger partial charge is 0.367 e. The van der Waals surface area contributed by atoms with Crippen molar-refractivity contribution in [3.05, 3.63) is 46.5 Å². The molecule has 0 aliphatic carbocycles. The van der Waals surface area contributed by atoms with Gasteiger partial charge in [0.2, 0.25) is 0 Å². The molecule has 27 heavy (non-hydrogen) atoms. The fourth-order valence-corrected chi connectivity index (χ4v) is 3.16. The fraction of sp³-hybridized carbons (Fsp3) is 0.529. The number of piperidine rings is 1. The van der Waals surface area contributed by atoms with Gasteiger partial charge in [0, 0.05) is 31.4 Å². The van der Waals surface area contributed by atoms with Crippen LogP contribution in [0.1, 0.15) is 25.0 Å². The number of rotatable bonds is 6. The first-order valence-corrected chi connectivity index (χ1v) is 8.84. The minimum Gasteiger partial charge on any atom is -0.367 e. The molecule has 0 amide bonds. The lowest BCUT2D eigenvalue weighted by Gasteiger charge is -2.35. The predicted molar refractivity (Wildman–Crippen MR) is 93.2 cm³/mol. The molecule has 3 rings (SSSR count). The van der Waals surface area contributed by atoms with Crippen molar-refractivity contribution in [2.24, 2.45) is 0 Å². The molecule has 3 heterocycles. The fourth-order valence-electron chi connectivity index (χ4n) is 3.16. The van der Waals surface area contributed by atoms with Crippen LogP contribution in [0, 0.1) is 0 Å². The van der Waals surface area contributed by atoms with Crippen LogP contribution >= 0.6 is 0 Å².